The van der Waals surface area contributed by atoms with Crippen molar-refractivity contribution in [3.05, 3.63) is 51.4 Å². The Kier molecular flexibility index (Phi) is 3.55. The fraction of sp³-hybridized carbons (Fsp3) is 0.200. The van der Waals surface area contributed by atoms with E-state index in [9.17, 15) is 9.18 Å². The molecule has 0 aliphatic rings. The molecule has 2 aromatic heterocycles. The van der Waals surface area contributed by atoms with Gasteiger partial charge in [-0.15, -0.1) is 11.3 Å². The van der Waals surface area contributed by atoms with Gasteiger partial charge in [0.15, 0.2) is 5.78 Å². The fourth-order valence-electron chi connectivity index (χ4n) is 2.25. The van der Waals surface area contributed by atoms with Crippen LogP contribution in [0.4, 0.5) is 4.39 Å². The standard InChI is InChI=1S/C15H12ClFN2OS/c1-8-15(16)11(19(2)18-8)7-12(20)14-5-9-3-4-10(17)6-13(9)21-14/h3-6H,7H2,1-2H3. The van der Waals surface area contributed by atoms with Crippen LogP contribution in [0.1, 0.15) is 21.1 Å². The highest BCUT2D eigenvalue weighted by Crippen LogP contribution is 2.28. The van der Waals surface area contributed by atoms with Crippen LogP contribution in [0.3, 0.4) is 0 Å². The predicted octanol–water partition coefficient (Wildman–Crippen LogP) is 4.16. The molecule has 0 aliphatic heterocycles. The summed E-state index contributed by atoms with van der Waals surface area (Å²) in [6.45, 7) is 1.80. The maximum absolute atomic E-state index is 13.2. The van der Waals surface area contributed by atoms with Crippen molar-refractivity contribution in [2.45, 2.75) is 13.3 Å². The van der Waals surface area contributed by atoms with Crippen molar-refractivity contribution in [3.63, 3.8) is 0 Å². The van der Waals surface area contributed by atoms with Crippen molar-refractivity contribution in [3.8, 4) is 0 Å². The number of fused-ring (bicyclic) bond motifs is 1. The van der Waals surface area contributed by atoms with Crippen LogP contribution in [0.5, 0.6) is 0 Å². The molecule has 0 saturated heterocycles. The van der Waals surface area contributed by atoms with Crippen molar-refractivity contribution in [2.75, 3.05) is 0 Å². The fourth-order valence-corrected chi connectivity index (χ4v) is 3.51. The van der Waals surface area contributed by atoms with Crippen molar-refractivity contribution < 1.29 is 9.18 Å². The number of hydrogen-bond donors (Lipinski definition) is 0. The number of carbonyl (C=O) groups is 1. The Morgan fingerprint density at radius 1 is 1.43 bits per heavy atom. The third-order valence-electron chi connectivity index (χ3n) is 3.35. The number of aryl methyl sites for hydroxylation is 2. The lowest BCUT2D eigenvalue weighted by molar-refractivity contribution is 0.0994. The van der Waals surface area contributed by atoms with Crippen LogP contribution in [0.15, 0.2) is 24.3 Å². The van der Waals surface area contributed by atoms with E-state index in [0.29, 0.717) is 21.3 Å². The number of aromatic nitrogens is 2. The minimum atomic E-state index is -0.298. The molecule has 3 aromatic rings. The summed E-state index contributed by atoms with van der Waals surface area (Å²) < 4.78 is 15.6. The highest BCUT2D eigenvalue weighted by atomic mass is 35.5. The number of ketones is 1. The minimum absolute atomic E-state index is 0.0403. The van der Waals surface area contributed by atoms with Gasteiger partial charge in [0, 0.05) is 11.7 Å². The Labute approximate surface area is 130 Å². The van der Waals surface area contributed by atoms with Gasteiger partial charge < -0.3 is 0 Å². The van der Waals surface area contributed by atoms with Crippen LogP contribution in [-0.2, 0) is 13.5 Å². The van der Waals surface area contributed by atoms with E-state index < -0.39 is 0 Å². The first kappa shape index (κ1) is 14.2. The lowest BCUT2D eigenvalue weighted by atomic mass is 10.1. The van der Waals surface area contributed by atoms with Gasteiger partial charge in [0.2, 0.25) is 0 Å². The topological polar surface area (TPSA) is 34.9 Å². The number of halogens is 2. The highest BCUT2D eigenvalue weighted by molar-refractivity contribution is 7.20. The van der Waals surface area contributed by atoms with Crippen molar-refractivity contribution >= 4 is 38.8 Å². The highest BCUT2D eigenvalue weighted by Gasteiger charge is 2.17. The Morgan fingerprint density at radius 2 is 2.19 bits per heavy atom. The molecule has 0 aliphatic carbocycles. The summed E-state index contributed by atoms with van der Waals surface area (Å²) in [5.41, 5.74) is 1.41. The van der Waals surface area contributed by atoms with Gasteiger partial charge in [-0.2, -0.15) is 5.10 Å². The molecule has 0 saturated carbocycles. The zero-order valence-corrected chi connectivity index (χ0v) is 13.1. The maximum atomic E-state index is 13.2. The van der Waals surface area contributed by atoms with Gasteiger partial charge in [0.25, 0.3) is 0 Å². The minimum Gasteiger partial charge on any atom is -0.293 e. The molecule has 0 N–H and O–H groups in total. The van der Waals surface area contributed by atoms with Crippen molar-refractivity contribution in [1.29, 1.82) is 0 Å². The molecule has 21 heavy (non-hydrogen) atoms. The zero-order chi connectivity index (χ0) is 15.1. The summed E-state index contributed by atoms with van der Waals surface area (Å²) >= 11 is 7.46. The lowest BCUT2D eigenvalue weighted by Crippen LogP contribution is -2.06. The van der Waals surface area contributed by atoms with Crippen LogP contribution in [0.2, 0.25) is 5.02 Å². The van der Waals surface area contributed by atoms with Gasteiger partial charge in [-0.05, 0) is 30.5 Å². The molecule has 0 atom stereocenters. The zero-order valence-electron chi connectivity index (χ0n) is 11.5. The van der Waals surface area contributed by atoms with Crippen LogP contribution in [0.25, 0.3) is 10.1 Å². The second-order valence-corrected chi connectivity index (χ2v) is 6.32. The van der Waals surface area contributed by atoms with Crippen LogP contribution >= 0.6 is 22.9 Å². The second kappa shape index (κ2) is 5.24. The van der Waals surface area contributed by atoms with E-state index in [1.54, 1.807) is 30.8 Å². The molecule has 0 fully saturated rings. The largest absolute Gasteiger partial charge is 0.293 e. The SMILES string of the molecule is Cc1nn(C)c(CC(=O)c2cc3ccc(F)cc3s2)c1Cl. The number of hydrogen-bond acceptors (Lipinski definition) is 3. The van der Waals surface area contributed by atoms with Gasteiger partial charge >= 0.3 is 0 Å². The first-order valence-corrected chi connectivity index (χ1v) is 7.55. The summed E-state index contributed by atoms with van der Waals surface area (Å²) in [5.74, 6) is -0.338. The first-order chi connectivity index (χ1) is 9.95. The van der Waals surface area contributed by atoms with Gasteiger partial charge in [-0.25, -0.2) is 4.39 Å². The molecule has 0 amide bonds. The average molecular weight is 323 g/mol. The van der Waals surface area contributed by atoms with Crippen LogP contribution in [0, 0.1) is 12.7 Å². The van der Waals surface area contributed by atoms with E-state index in [0.717, 1.165) is 10.1 Å². The van der Waals surface area contributed by atoms with Gasteiger partial charge in [0.05, 0.1) is 27.7 Å². The molecule has 0 radical (unpaired) electrons. The average Bonchev–Trinajstić information content (AvgIpc) is 2.95. The van der Waals surface area contributed by atoms with Crippen LogP contribution in [-0.4, -0.2) is 15.6 Å². The Balaban J connectivity index is 1.93. The van der Waals surface area contributed by atoms with Gasteiger partial charge in [-0.1, -0.05) is 17.7 Å². The summed E-state index contributed by atoms with van der Waals surface area (Å²) in [6.07, 6.45) is 0.186. The Hall–Kier alpha value is -1.72. The van der Waals surface area contributed by atoms with Crippen molar-refractivity contribution in [2.24, 2.45) is 7.05 Å². The van der Waals surface area contributed by atoms with Gasteiger partial charge in [0.1, 0.15) is 5.82 Å². The van der Waals surface area contributed by atoms with E-state index >= 15 is 0 Å². The molecule has 2 heterocycles. The normalized spacial score (nSPS) is 11.2. The Bertz CT molecular complexity index is 853. The summed E-state index contributed by atoms with van der Waals surface area (Å²) in [7, 11) is 1.77. The second-order valence-electron chi connectivity index (χ2n) is 4.86. The molecular formula is C15H12ClFN2OS. The molecule has 6 heteroatoms. The van der Waals surface area contributed by atoms with E-state index in [1.807, 2.05) is 0 Å². The number of carbonyl (C=O) groups excluding carboxylic acids is 1. The number of nitrogens with zero attached hydrogens (tertiary/aromatic N) is 2. The quantitative estimate of drug-likeness (QED) is 0.679. The number of benzene rings is 1. The molecular weight excluding hydrogens is 311 g/mol. The van der Waals surface area contributed by atoms with E-state index in [2.05, 4.69) is 5.10 Å². The third-order valence-corrected chi connectivity index (χ3v) is 4.98. The molecule has 0 spiro atoms. The molecule has 0 bridgehead atoms. The maximum Gasteiger partial charge on any atom is 0.178 e. The summed E-state index contributed by atoms with van der Waals surface area (Å²) in [4.78, 5) is 13.0. The summed E-state index contributed by atoms with van der Waals surface area (Å²) in [5, 5.41) is 5.60. The summed E-state index contributed by atoms with van der Waals surface area (Å²) in [6, 6.07) is 6.31. The van der Waals surface area contributed by atoms with E-state index in [1.165, 1.54) is 23.5 Å². The van der Waals surface area contributed by atoms with Gasteiger partial charge in [-0.3, -0.25) is 9.48 Å². The molecule has 1 aromatic carbocycles. The Morgan fingerprint density at radius 3 is 2.86 bits per heavy atom. The number of Topliss-reactive ketones (excluding diaryl/α,β-unsaturated/α-hetero) is 1. The predicted molar refractivity (Wildman–Crippen MR) is 82.8 cm³/mol. The number of thiophene rings is 1. The molecule has 3 nitrogen and oxygen atoms in total. The first-order valence-electron chi connectivity index (χ1n) is 6.36. The smallest absolute Gasteiger partial charge is 0.178 e. The number of rotatable bonds is 3. The van der Waals surface area contributed by atoms with E-state index in [-0.39, 0.29) is 18.0 Å². The van der Waals surface area contributed by atoms with E-state index in [4.69, 9.17) is 11.6 Å². The third kappa shape index (κ3) is 2.59. The lowest BCUT2D eigenvalue weighted by Gasteiger charge is -2.00. The molecule has 3 rings (SSSR count). The molecule has 0 unspecified atom stereocenters. The van der Waals surface area contributed by atoms with Crippen molar-refractivity contribution in [1.82, 2.24) is 9.78 Å². The monoisotopic (exact) mass is 322 g/mol. The molecule has 108 valence electrons. The van der Waals surface area contributed by atoms with Crippen LogP contribution < -0.4 is 0 Å².